The minimum atomic E-state index is 0. The normalized spacial score (nSPS) is 14.0. The quantitative estimate of drug-likeness (QED) is 0.351. The van der Waals surface area contributed by atoms with Gasteiger partial charge in [0.05, 0.1) is 12.2 Å². The number of imidazole rings is 1. The van der Waals surface area contributed by atoms with Crippen LogP contribution in [0.2, 0.25) is 0 Å². The number of aryl methyl sites for hydroxylation is 2. The molecule has 6 heteroatoms. The lowest BCUT2D eigenvalue weighted by Crippen LogP contribution is -2.24. The van der Waals surface area contributed by atoms with Gasteiger partial charge >= 0.3 is 0 Å². The van der Waals surface area contributed by atoms with Gasteiger partial charge in [0.2, 0.25) is 0 Å². The second-order valence-electron chi connectivity index (χ2n) is 6.68. The molecular weight excluding hydrogens is 437 g/mol. The van der Waals surface area contributed by atoms with Crippen LogP contribution in [-0.4, -0.2) is 15.3 Å². The highest BCUT2D eigenvalue weighted by atomic mass is 127. The number of nitrogens with one attached hydrogen (secondary N) is 1. The molecule has 26 heavy (non-hydrogen) atoms. The highest BCUT2D eigenvalue weighted by Crippen LogP contribution is 2.27. The Labute approximate surface area is 170 Å². The lowest BCUT2D eigenvalue weighted by atomic mass is 9.90. The average Bonchev–Trinajstić information content (AvgIpc) is 3.02. The Morgan fingerprint density at radius 3 is 3.00 bits per heavy atom. The van der Waals surface area contributed by atoms with Gasteiger partial charge in [-0.05, 0) is 67.5 Å². The molecule has 0 spiro atoms. The lowest BCUT2D eigenvalue weighted by Gasteiger charge is -2.19. The number of pyridine rings is 1. The number of anilines is 1. The summed E-state index contributed by atoms with van der Waals surface area (Å²) in [5, 5.41) is 3.28. The molecule has 2 aromatic heterocycles. The smallest absolute Gasteiger partial charge is 0.193 e. The van der Waals surface area contributed by atoms with E-state index in [1.54, 1.807) is 0 Å². The molecule has 2 heterocycles. The van der Waals surface area contributed by atoms with E-state index in [0.29, 0.717) is 12.5 Å². The molecule has 0 bridgehead atoms. The van der Waals surface area contributed by atoms with Crippen LogP contribution in [0.25, 0.3) is 5.65 Å². The zero-order valence-corrected chi connectivity index (χ0v) is 17.2. The van der Waals surface area contributed by atoms with E-state index in [2.05, 4.69) is 52.5 Å². The van der Waals surface area contributed by atoms with E-state index >= 15 is 0 Å². The number of fused-ring (bicyclic) bond motifs is 2. The number of benzene rings is 1. The van der Waals surface area contributed by atoms with E-state index in [-0.39, 0.29) is 24.0 Å². The fourth-order valence-corrected chi connectivity index (χ4v) is 3.45. The summed E-state index contributed by atoms with van der Waals surface area (Å²) < 4.78 is 2.01. The zero-order chi connectivity index (χ0) is 17.2. The molecular formula is C20H24IN5. The van der Waals surface area contributed by atoms with Gasteiger partial charge in [-0.25, -0.2) is 9.98 Å². The fourth-order valence-electron chi connectivity index (χ4n) is 3.45. The summed E-state index contributed by atoms with van der Waals surface area (Å²) in [6.45, 7) is 2.53. The van der Waals surface area contributed by atoms with Gasteiger partial charge in [0, 0.05) is 18.1 Å². The largest absolute Gasteiger partial charge is 0.370 e. The van der Waals surface area contributed by atoms with Crippen molar-refractivity contribution in [2.24, 2.45) is 10.7 Å². The first kappa shape index (κ1) is 18.7. The number of guanidine groups is 1. The molecule has 136 valence electrons. The first-order valence-corrected chi connectivity index (χ1v) is 8.81. The monoisotopic (exact) mass is 461 g/mol. The molecule has 0 amide bonds. The molecule has 0 fully saturated rings. The van der Waals surface area contributed by atoms with Gasteiger partial charge in [-0.3, -0.25) is 0 Å². The highest BCUT2D eigenvalue weighted by molar-refractivity contribution is 14.0. The SMILES string of the molecule is Cc1ccn2cc(CN=C(N)Nc3cccc4c3CCCC4)nc2c1.I. The van der Waals surface area contributed by atoms with Crippen LogP contribution in [0.5, 0.6) is 0 Å². The van der Waals surface area contributed by atoms with E-state index in [1.807, 2.05) is 16.8 Å². The van der Waals surface area contributed by atoms with Crippen LogP contribution in [0.4, 0.5) is 5.69 Å². The maximum Gasteiger partial charge on any atom is 0.193 e. The third-order valence-electron chi connectivity index (χ3n) is 4.74. The van der Waals surface area contributed by atoms with Crippen molar-refractivity contribution in [1.29, 1.82) is 0 Å². The van der Waals surface area contributed by atoms with Gasteiger partial charge in [0.25, 0.3) is 0 Å². The Hall–Kier alpha value is -2.09. The Morgan fingerprint density at radius 1 is 1.27 bits per heavy atom. The average molecular weight is 461 g/mol. The van der Waals surface area contributed by atoms with E-state index in [1.165, 1.54) is 29.5 Å². The van der Waals surface area contributed by atoms with E-state index in [9.17, 15) is 0 Å². The maximum atomic E-state index is 6.11. The fraction of sp³-hybridized carbons (Fsp3) is 0.300. The minimum absolute atomic E-state index is 0. The van der Waals surface area contributed by atoms with Crippen molar-refractivity contribution in [2.45, 2.75) is 39.2 Å². The maximum absolute atomic E-state index is 6.11. The second kappa shape index (κ2) is 8.07. The van der Waals surface area contributed by atoms with Gasteiger partial charge in [0.15, 0.2) is 5.96 Å². The number of nitrogens with two attached hydrogens (primary N) is 1. The molecule has 0 aliphatic heterocycles. The molecule has 3 N–H and O–H groups in total. The van der Waals surface area contributed by atoms with Gasteiger partial charge < -0.3 is 15.5 Å². The topological polar surface area (TPSA) is 67.7 Å². The van der Waals surface area contributed by atoms with Gasteiger partial charge in [-0.2, -0.15) is 0 Å². The molecule has 1 aliphatic carbocycles. The van der Waals surface area contributed by atoms with Crippen molar-refractivity contribution in [1.82, 2.24) is 9.38 Å². The molecule has 0 unspecified atom stereocenters. The second-order valence-corrected chi connectivity index (χ2v) is 6.68. The van der Waals surface area contributed by atoms with Crippen LogP contribution in [0.15, 0.2) is 47.7 Å². The van der Waals surface area contributed by atoms with E-state index < -0.39 is 0 Å². The van der Waals surface area contributed by atoms with Crippen LogP contribution < -0.4 is 11.1 Å². The summed E-state index contributed by atoms with van der Waals surface area (Å²) in [5.41, 5.74) is 13.1. The number of nitrogens with zero attached hydrogens (tertiary/aromatic N) is 3. The standard InChI is InChI=1S/C20H23N5.HI/c1-14-9-10-25-13-16(23-19(25)11-14)12-22-20(21)24-18-8-4-6-15-5-2-3-7-17(15)18;/h4,6,8-11,13H,2-3,5,7,12H2,1H3,(H3,21,22,24);1H. The predicted octanol–water partition coefficient (Wildman–Crippen LogP) is 4.07. The first-order chi connectivity index (χ1) is 12.2. The predicted molar refractivity (Wildman–Crippen MR) is 117 cm³/mol. The summed E-state index contributed by atoms with van der Waals surface area (Å²) in [5.74, 6) is 0.437. The number of hydrogen-bond donors (Lipinski definition) is 2. The van der Waals surface area contributed by atoms with Crippen LogP contribution in [0, 0.1) is 6.92 Å². The molecule has 1 aliphatic rings. The molecule has 3 aromatic rings. The third-order valence-corrected chi connectivity index (χ3v) is 4.74. The Balaban J connectivity index is 0.00000196. The molecule has 0 radical (unpaired) electrons. The number of halogens is 1. The van der Waals surface area contributed by atoms with Crippen molar-refractivity contribution < 1.29 is 0 Å². The molecule has 0 saturated heterocycles. The van der Waals surface area contributed by atoms with Crippen molar-refractivity contribution in [2.75, 3.05) is 5.32 Å². The summed E-state index contributed by atoms with van der Waals surface area (Å²) >= 11 is 0. The molecule has 1 aromatic carbocycles. The van der Waals surface area contributed by atoms with Crippen molar-refractivity contribution in [3.8, 4) is 0 Å². The number of aromatic nitrogens is 2. The molecule has 4 rings (SSSR count). The number of aliphatic imine (C=N–C) groups is 1. The Morgan fingerprint density at radius 2 is 2.12 bits per heavy atom. The summed E-state index contributed by atoms with van der Waals surface area (Å²) in [4.78, 5) is 9.06. The lowest BCUT2D eigenvalue weighted by molar-refractivity contribution is 0.687. The summed E-state index contributed by atoms with van der Waals surface area (Å²) in [6, 6.07) is 10.5. The number of hydrogen-bond acceptors (Lipinski definition) is 2. The summed E-state index contributed by atoms with van der Waals surface area (Å²) in [7, 11) is 0. The van der Waals surface area contributed by atoms with Gasteiger partial charge in [-0.15, -0.1) is 24.0 Å². The van der Waals surface area contributed by atoms with Crippen molar-refractivity contribution in [3.63, 3.8) is 0 Å². The molecule has 5 nitrogen and oxygen atoms in total. The number of rotatable bonds is 3. The van der Waals surface area contributed by atoms with Crippen LogP contribution in [-0.2, 0) is 19.4 Å². The van der Waals surface area contributed by atoms with Crippen LogP contribution in [0.3, 0.4) is 0 Å². The molecule has 0 saturated carbocycles. The van der Waals surface area contributed by atoms with E-state index in [4.69, 9.17) is 5.73 Å². The Kier molecular flexibility index (Phi) is 5.80. The van der Waals surface area contributed by atoms with E-state index in [0.717, 1.165) is 29.9 Å². The summed E-state index contributed by atoms with van der Waals surface area (Å²) in [6.07, 6.45) is 8.79. The Bertz CT molecular complexity index is 945. The molecule has 0 atom stereocenters. The van der Waals surface area contributed by atoms with Crippen LogP contribution in [0.1, 0.15) is 35.2 Å². The first-order valence-electron chi connectivity index (χ1n) is 8.81. The van der Waals surface area contributed by atoms with Crippen LogP contribution >= 0.6 is 24.0 Å². The third kappa shape index (κ3) is 4.00. The van der Waals surface area contributed by atoms with Gasteiger partial charge in [-0.1, -0.05) is 12.1 Å². The van der Waals surface area contributed by atoms with Gasteiger partial charge in [0.1, 0.15) is 5.65 Å². The minimum Gasteiger partial charge on any atom is -0.370 e. The zero-order valence-electron chi connectivity index (χ0n) is 14.9. The van der Waals surface area contributed by atoms with Crippen molar-refractivity contribution >= 4 is 41.3 Å². The van der Waals surface area contributed by atoms with Crippen molar-refractivity contribution in [3.05, 3.63) is 65.1 Å². The highest BCUT2D eigenvalue weighted by Gasteiger charge is 2.13.